The molecule has 0 spiro atoms. The summed E-state index contributed by atoms with van der Waals surface area (Å²) in [4.78, 5) is 35.1. The fraction of sp³-hybridized carbons (Fsp3) is 0.583. The molecule has 1 aliphatic rings. The summed E-state index contributed by atoms with van der Waals surface area (Å²) in [6.07, 6.45) is 4.73. The zero-order valence-electron chi connectivity index (χ0n) is 10.4. The molecule has 1 rings (SSSR count). The van der Waals surface area contributed by atoms with Gasteiger partial charge in [0.25, 0.3) is 0 Å². The molecule has 5 heteroatoms. The number of nitrogens with one attached hydrogen (secondary N) is 2. The highest BCUT2D eigenvalue weighted by Crippen LogP contribution is 2.36. The molecule has 0 aromatic rings. The van der Waals surface area contributed by atoms with E-state index in [4.69, 9.17) is 0 Å². The lowest BCUT2D eigenvalue weighted by Gasteiger charge is -2.37. The normalized spacial score (nSPS) is 21.2. The lowest BCUT2D eigenvalue weighted by molar-refractivity contribution is -0.147. The Labute approximate surface area is 101 Å². The fourth-order valence-electron chi connectivity index (χ4n) is 2.28. The molecule has 0 aliphatic carbocycles. The van der Waals surface area contributed by atoms with Gasteiger partial charge in [0.2, 0.25) is 11.8 Å². The molecule has 17 heavy (non-hydrogen) atoms. The summed E-state index contributed by atoms with van der Waals surface area (Å²) in [7, 11) is 0. The second-order valence-electron chi connectivity index (χ2n) is 4.27. The maximum absolute atomic E-state index is 12.0. The lowest BCUT2D eigenvalue weighted by atomic mass is 9.70. The number of carbonyl (C=O) groups is 3. The van der Waals surface area contributed by atoms with Gasteiger partial charge < -0.3 is 0 Å². The molecule has 0 aromatic heterocycles. The van der Waals surface area contributed by atoms with Crippen molar-refractivity contribution in [3.63, 3.8) is 0 Å². The number of hydrogen-bond acceptors (Lipinski definition) is 3. The fourth-order valence-corrected chi connectivity index (χ4v) is 2.28. The molecule has 2 N–H and O–H groups in total. The van der Waals surface area contributed by atoms with E-state index in [1.54, 1.807) is 6.08 Å². The molecule has 1 atom stereocenters. The highest BCUT2D eigenvalue weighted by Gasteiger charge is 2.52. The number of allylic oxidation sites excluding steroid dienone is 2. The highest BCUT2D eigenvalue weighted by molar-refractivity contribution is 6.19. The molecule has 1 unspecified atom stereocenters. The van der Waals surface area contributed by atoms with Crippen molar-refractivity contribution >= 4 is 17.8 Å². The van der Waals surface area contributed by atoms with Crippen LogP contribution in [0.2, 0.25) is 0 Å². The predicted octanol–water partition coefficient (Wildman–Crippen LogP) is 1.35. The number of barbiturate groups is 1. The maximum Gasteiger partial charge on any atom is 0.328 e. The topological polar surface area (TPSA) is 75.3 Å². The van der Waals surface area contributed by atoms with Crippen LogP contribution in [0.25, 0.3) is 0 Å². The predicted molar refractivity (Wildman–Crippen MR) is 63.0 cm³/mol. The first kappa shape index (κ1) is 13.4. The molecule has 0 aromatic carbocycles. The van der Waals surface area contributed by atoms with Crippen LogP contribution in [0.15, 0.2) is 12.2 Å². The highest BCUT2D eigenvalue weighted by atomic mass is 16.2. The number of imide groups is 2. The number of amides is 4. The van der Waals surface area contributed by atoms with Crippen LogP contribution in [0.5, 0.6) is 0 Å². The Hall–Kier alpha value is -1.65. The third kappa shape index (κ3) is 2.23. The van der Waals surface area contributed by atoms with Crippen LogP contribution in [0.1, 0.15) is 33.6 Å². The summed E-state index contributed by atoms with van der Waals surface area (Å²) in [6, 6.07) is -0.737. The first-order valence-electron chi connectivity index (χ1n) is 5.78. The Balaban J connectivity index is 3.16. The van der Waals surface area contributed by atoms with Crippen molar-refractivity contribution < 1.29 is 14.4 Å². The maximum atomic E-state index is 12.0. The second-order valence-corrected chi connectivity index (χ2v) is 4.27. The van der Waals surface area contributed by atoms with Crippen molar-refractivity contribution in [2.24, 2.45) is 11.3 Å². The molecule has 1 heterocycles. The Morgan fingerprint density at radius 3 is 2.18 bits per heavy atom. The van der Waals surface area contributed by atoms with Crippen molar-refractivity contribution in [2.75, 3.05) is 0 Å². The van der Waals surface area contributed by atoms with Crippen LogP contribution in [-0.2, 0) is 9.59 Å². The average molecular weight is 238 g/mol. The SMILES string of the molecule is C/C=C/C(C)C1(CCC)C(=O)NC(=O)NC1=O. The Kier molecular flexibility index (Phi) is 4.04. The third-order valence-corrected chi connectivity index (χ3v) is 3.17. The lowest BCUT2D eigenvalue weighted by Crippen LogP contribution is -2.64. The summed E-state index contributed by atoms with van der Waals surface area (Å²) >= 11 is 0. The van der Waals surface area contributed by atoms with Crippen molar-refractivity contribution in [3.05, 3.63) is 12.2 Å². The minimum absolute atomic E-state index is 0.249. The smallest absolute Gasteiger partial charge is 0.277 e. The molecule has 4 amide bonds. The minimum atomic E-state index is -1.17. The van der Waals surface area contributed by atoms with E-state index >= 15 is 0 Å². The molecular weight excluding hydrogens is 220 g/mol. The molecule has 0 saturated carbocycles. The van der Waals surface area contributed by atoms with Crippen LogP contribution < -0.4 is 10.6 Å². The van der Waals surface area contributed by atoms with Crippen LogP contribution in [0.4, 0.5) is 4.79 Å². The summed E-state index contributed by atoms with van der Waals surface area (Å²) in [6.45, 7) is 5.55. The number of hydrogen-bond donors (Lipinski definition) is 2. The molecule has 0 radical (unpaired) electrons. The molecule has 1 aliphatic heterocycles. The van der Waals surface area contributed by atoms with Crippen LogP contribution in [-0.4, -0.2) is 17.8 Å². The zero-order chi connectivity index (χ0) is 13.1. The van der Waals surface area contributed by atoms with Crippen LogP contribution in [0.3, 0.4) is 0 Å². The van der Waals surface area contributed by atoms with Crippen molar-refractivity contribution in [1.82, 2.24) is 10.6 Å². The average Bonchev–Trinajstić information content (AvgIpc) is 2.23. The van der Waals surface area contributed by atoms with Gasteiger partial charge in [-0.05, 0) is 19.3 Å². The molecular formula is C12H18N2O3. The first-order chi connectivity index (χ1) is 7.98. The van der Waals surface area contributed by atoms with Gasteiger partial charge in [0.1, 0.15) is 5.41 Å². The van der Waals surface area contributed by atoms with Gasteiger partial charge in [-0.15, -0.1) is 0 Å². The van der Waals surface area contributed by atoms with E-state index in [9.17, 15) is 14.4 Å². The van der Waals surface area contributed by atoms with E-state index in [2.05, 4.69) is 10.6 Å². The monoisotopic (exact) mass is 238 g/mol. The van der Waals surface area contributed by atoms with Crippen molar-refractivity contribution in [2.45, 2.75) is 33.6 Å². The Bertz CT molecular complexity index is 354. The minimum Gasteiger partial charge on any atom is -0.277 e. The van der Waals surface area contributed by atoms with Gasteiger partial charge in [0, 0.05) is 0 Å². The van der Waals surface area contributed by atoms with E-state index < -0.39 is 23.3 Å². The van der Waals surface area contributed by atoms with Crippen LogP contribution >= 0.6 is 0 Å². The molecule has 5 nitrogen and oxygen atoms in total. The summed E-state index contributed by atoms with van der Waals surface area (Å²) < 4.78 is 0. The summed E-state index contributed by atoms with van der Waals surface area (Å²) in [5.74, 6) is -1.25. The van der Waals surface area contributed by atoms with Gasteiger partial charge in [-0.1, -0.05) is 32.4 Å². The van der Waals surface area contributed by atoms with Crippen molar-refractivity contribution in [1.29, 1.82) is 0 Å². The van der Waals surface area contributed by atoms with Gasteiger partial charge in [-0.3, -0.25) is 20.2 Å². The number of carbonyl (C=O) groups excluding carboxylic acids is 3. The Morgan fingerprint density at radius 2 is 1.76 bits per heavy atom. The van der Waals surface area contributed by atoms with Gasteiger partial charge in [-0.25, -0.2) is 4.79 Å². The van der Waals surface area contributed by atoms with E-state index in [1.807, 2.05) is 26.8 Å². The summed E-state index contributed by atoms with van der Waals surface area (Å²) in [5, 5.41) is 4.36. The van der Waals surface area contributed by atoms with Gasteiger partial charge in [-0.2, -0.15) is 0 Å². The van der Waals surface area contributed by atoms with E-state index in [0.717, 1.165) is 0 Å². The molecule has 1 saturated heterocycles. The largest absolute Gasteiger partial charge is 0.328 e. The molecule has 0 bridgehead atoms. The van der Waals surface area contributed by atoms with Gasteiger partial charge >= 0.3 is 6.03 Å². The van der Waals surface area contributed by atoms with Gasteiger partial charge in [0.05, 0.1) is 0 Å². The standard InChI is InChI=1S/C12H18N2O3/c1-4-6-8(3)12(7-5-2)9(15)13-11(17)14-10(12)16/h4,6,8H,5,7H2,1-3H3,(H2,13,14,15,16,17)/b6-4+. The quantitative estimate of drug-likeness (QED) is 0.573. The van der Waals surface area contributed by atoms with E-state index in [-0.39, 0.29) is 5.92 Å². The van der Waals surface area contributed by atoms with Gasteiger partial charge in [0.15, 0.2) is 0 Å². The van der Waals surface area contributed by atoms with Crippen molar-refractivity contribution in [3.8, 4) is 0 Å². The Morgan fingerprint density at radius 1 is 1.24 bits per heavy atom. The second kappa shape index (κ2) is 5.12. The number of rotatable bonds is 4. The third-order valence-electron chi connectivity index (χ3n) is 3.17. The van der Waals surface area contributed by atoms with Crippen LogP contribution in [0, 0.1) is 11.3 Å². The molecule has 1 fully saturated rings. The van der Waals surface area contributed by atoms with E-state index in [1.165, 1.54) is 0 Å². The molecule has 94 valence electrons. The first-order valence-corrected chi connectivity index (χ1v) is 5.78. The van der Waals surface area contributed by atoms with E-state index in [0.29, 0.717) is 12.8 Å². The zero-order valence-corrected chi connectivity index (χ0v) is 10.4. The summed E-state index contributed by atoms with van der Waals surface area (Å²) in [5.41, 5.74) is -1.17. The number of urea groups is 1.